The Hall–Kier alpha value is -1.91. The van der Waals surface area contributed by atoms with Crippen molar-refractivity contribution in [2.24, 2.45) is 5.73 Å². The first kappa shape index (κ1) is 17.4. The van der Waals surface area contributed by atoms with Gasteiger partial charge in [-0.25, -0.2) is 31.0 Å². The number of halogens is 3. The zero-order chi connectivity index (χ0) is 17.3. The van der Waals surface area contributed by atoms with E-state index in [1.165, 1.54) is 16.9 Å². The van der Waals surface area contributed by atoms with Crippen LogP contribution in [0.2, 0.25) is 0 Å². The zero-order valence-electron chi connectivity index (χ0n) is 12.1. The summed E-state index contributed by atoms with van der Waals surface area (Å²) in [6, 6.07) is 3.06. The lowest BCUT2D eigenvalue weighted by Gasteiger charge is -2.15. The summed E-state index contributed by atoms with van der Waals surface area (Å²) >= 11 is 0. The lowest BCUT2D eigenvalue weighted by molar-refractivity contribution is 0.0170. The molecular formula is C13H15F3N4O2S. The molecule has 6 nitrogen and oxygen atoms in total. The number of nitrogens with zero attached hydrogens (tertiary/aromatic N) is 2. The molecule has 2 rings (SSSR count). The number of rotatable bonds is 6. The molecule has 0 unspecified atom stereocenters. The van der Waals surface area contributed by atoms with Gasteiger partial charge in [0.1, 0.15) is 11.5 Å². The second-order valence-electron chi connectivity index (χ2n) is 4.96. The fourth-order valence-corrected chi connectivity index (χ4v) is 2.81. The molecular weight excluding hydrogens is 333 g/mol. The van der Waals surface area contributed by atoms with E-state index >= 15 is 0 Å². The van der Waals surface area contributed by atoms with E-state index in [4.69, 9.17) is 5.73 Å². The monoisotopic (exact) mass is 348 g/mol. The van der Waals surface area contributed by atoms with Gasteiger partial charge in [0.25, 0.3) is 5.92 Å². The van der Waals surface area contributed by atoms with E-state index in [0.29, 0.717) is 0 Å². The van der Waals surface area contributed by atoms with Gasteiger partial charge in [-0.15, -0.1) is 0 Å². The van der Waals surface area contributed by atoms with Gasteiger partial charge in [0.05, 0.1) is 24.2 Å². The summed E-state index contributed by atoms with van der Waals surface area (Å²) in [7, 11) is -4.28. The highest BCUT2D eigenvalue weighted by atomic mass is 32.2. The van der Waals surface area contributed by atoms with E-state index in [0.717, 1.165) is 17.7 Å². The largest absolute Gasteiger partial charge is 0.325 e. The maximum Gasteiger partial charge on any atom is 0.273 e. The van der Waals surface area contributed by atoms with Gasteiger partial charge in [0, 0.05) is 6.20 Å². The molecule has 0 spiro atoms. The first-order valence-corrected chi connectivity index (χ1v) is 8.02. The van der Waals surface area contributed by atoms with Gasteiger partial charge >= 0.3 is 0 Å². The van der Waals surface area contributed by atoms with Crippen molar-refractivity contribution >= 4 is 10.0 Å². The summed E-state index contributed by atoms with van der Waals surface area (Å²) in [4.78, 5) is -0.463. The molecule has 0 saturated carbocycles. The average Bonchev–Trinajstić information content (AvgIpc) is 2.91. The Morgan fingerprint density at radius 1 is 1.39 bits per heavy atom. The normalized spacial score (nSPS) is 12.6. The number of sulfonamides is 1. The van der Waals surface area contributed by atoms with E-state index in [9.17, 15) is 21.6 Å². The molecule has 0 aliphatic carbocycles. The summed E-state index contributed by atoms with van der Waals surface area (Å²) in [5.74, 6) is -4.22. The molecule has 0 bridgehead atoms. The van der Waals surface area contributed by atoms with Crippen LogP contribution in [0.1, 0.15) is 5.56 Å². The second-order valence-corrected chi connectivity index (χ2v) is 6.73. The average molecular weight is 348 g/mol. The van der Waals surface area contributed by atoms with Crippen LogP contribution in [0.15, 0.2) is 35.5 Å². The van der Waals surface area contributed by atoms with Crippen LogP contribution in [-0.2, 0) is 10.0 Å². The number of benzene rings is 1. The van der Waals surface area contributed by atoms with Crippen molar-refractivity contribution in [3.05, 3.63) is 42.0 Å². The van der Waals surface area contributed by atoms with Gasteiger partial charge in [-0.1, -0.05) is 0 Å². The highest BCUT2D eigenvalue weighted by Crippen LogP contribution is 2.19. The number of nitrogens with one attached hydrogen (secondary N) is 1. The van der Waals surface area contributed by atoms with Crippen molar-refractivity contribution in [3.8, 4) is 5.69 Å². The lowest BCUT2D eigenvalue weighted by atomic mass is 10.3. The first-order chi connectivity index (χ1) is 10.6. The van der Waals surface area contributed by atoms with Crippen molar-refractivity contribution in [2.75, 3.05) is 13.1 Å². The van der Waals surface area contributed by atoms with Gasteiger partial charge in [-0.05, 0) is 30.7 Å². The summed E-state index contributed by atoms with van der Waals surface area (Å²) in [5.41, 5.74) is 5.67. The zero-order valence-corrected chi connectivity index (χ0v) is 12.9. The molecule has 1 heterocycles. The lowest BCUT2D eigenvalue weighted by Crippen LogP contribution is -2.41. The van der Waals surface area contributed by atoms with Crippen LogP contribution in [-0.4, -0.2) is 37.2 Å². The Morgan fingerprint density at radius 3 is 2.61 bits per heavy atom. The fraction of sp³-hybridized carbons (Fsp3) is 0.308. The Labute approximate surface area is 131 Å². The maximum absolute atomic E-state index is 14.1. The highest BCUT2D eigenvalue weighted by molar-refractivity contribution is 7.89. The van der Waals surface area contributed by atoms with Crippen LogP contribution in [0, 0.1) is 12.7 Å². The molecule has 1 aromatic carbocycles. The third kappa shape index (κ3) is 4.09. The third-order valence-electron chi connectivity index (χ3n) is 3.01. The van der Waals surface area contributed by atoms with Crippen molar-refractivity contribution in [1.82, 2.24) is 14.5 Å². The van der Waals surface area contributed by atoms with E-state index in [1.54, 1.807) is 17.8 Å². The Kier molecular flexibility index (Phi) is 4.78. The Bertz CT molecular complexity index is 805. The molecule has 0 saturated heterocycles. The second kappa shape index (κ2) is 6.30. The molecule has 3 N–H and O–H groups in total. The first-order valence-electron chi connectivity index (χ1n) is 6.53. The van der Waals surface area contributed by atoms with Crippen LogP contribution in [0.3, 0.4) is 0 Å². The minimum absolute atomic E-state index is 0.0457. The summed E-state index contributed by atoms with van der Waals surface area (Å²) in [5, 5.41) is 3.92. The van der Waals surface area contributed by atoms with Crippen molar-refractivity contribution < 1.29 is 21.6 Å². The molecule has 1 aromatic heterocycles. The van der Waals surface area contributed by atoms with Gasteiger partial charge in [-0.2, -0.15) is 5.10 Å². The number of alkyl halides is 2. The fourth-order valence-electron chi connectivity index (χ4n) is 1.74. The van der Waals surface area contributed by atoms with Crippen LogP contribution in [0.5, 0.6) is 0 Å². The maximum atomic E-state index is 14.1. The van der Waals surface area contributed by atoms with Gasteiger partial charge in [0.2, 0.25) is 10.0 Å². The van der Waals surface area contributed by atoms with Crippen LogP contribution in [0.4, 0.5) is 13.2 Å². The molecule has 2 aromatic rings. The predicted octanol–water partition coefficient (Wildman–Crippen LogP) is 1.19. The Morgan fingerprint density at radius 2 is 2.09 bits per heavy atom. The van der Waals surface area contributed by atoms with Crippen LogP contribution in [0.25, 0.3) is 5.69 Å². The molecule has 0 amide bonds. The van der Waals surface area contributed by atoms with Gasteiger partial charge in [0.15, 0.2) is 0 Å². The number of hydrogen-bond acceptors (Lipinski definition) is 4. The molecule has 0 atom stereocenters. The predicted molar refractivity (Wildman–Crippen MR) is 77.4 cm³/mol. The van der Waals surface area contributed by atoms with Gasteiger partial charge < -0.3 is 5.73 Å². The van der Waals surface area contributed by atoms with E-state index in [2.05, 4.69) is 5.10 Å². The SMILES string of the molecule is Cc1cnn(-c2ccc(S(=O)(=O)NCC(F)(F)CN)cc2F)c1. The van der Waals surface area contributed by atoms with Crippen molar-refractivity contribution in [3.63, 3.8) is 0 Å². The molecule has 126 valence electrons. The molecule has 0 radical (unpaired) electrons. The van der Waals surface area contributed by atoms with Crippen LogP contribution >= 0.6 is 0 Å². The summed E-state index contributed by atoms with van der Waals surface area (Å²) < 4.78 is 67.0. The number of nitrogens with two attached hydrogens (primary N) is 1. The minimum Gasteiger partial charge on any atom is -0.325 e. The number of aromatic nitrogens is 2. The van der Waals surface area contributed by atoms with Gasteiger partial charge in [-0.3, -0.25) is 0 Å². The molecule has 10 heteroatoms. The molecule has 23 heavy (non-hydrogen) atoms. The molecule has 0 aliphatic heterocycles. The topological polar surface area (TPSA) is 90.0 Å². The van der Waals surface area contributed by atoms with E-state index in [1.807, 2.05) is 0 Å². The Balaban J connectivity index is 2.25. The third-order valence-corrected chi connectivity index (χ3v) is 4.41. The van der Waals surface area contributed by atoms with Crippen LogP contribution < -0.4 is 10.5 Å². The minimum atomic E-state index is -4.28. The smallest absolute Gasteiger partial charge is 0.273 e. The molecule has 0 aliphatic rings. The molecule has 0 fully saturated rings. The van der Waals surface area contributed by atoms with Crippen molar-refractivity contribution in [2.45, 2.75) is 17.7 Å². The number of aryl methyl sites for hydroxylation is 1. The quantitative estimate of drug-likeness (QED) is 0.821. The summed E-state index contributed by atoms with van der Waals surface area (Å²) in [6.07, 6.45) is 3.08. The number of hydrogen-bond donors (Lipinski definition) is 2. The van der Waals surface area contributed by atoms with Crippen molar-refractivity contribution in [1.29, 1.82) is 0 Å². The highest BCUT2D eigenvalue weighted by Gasteiger charge is 2.29. The standard InChI is InChI=1S/C13H15F3N4O2S/c1-9-5-18-20(6-9)12-3-2-10(4-11(12)14)23(21,22)19-8-13(15,16)7-17/h2-6,19H,7-8,17H2,1H3. The summed E-state index contributed by atoms with van der Waals surface area (Å²) in [6.45, 7) is -0.392. The van der Waals surface area contributed by atoms with E-state index in [-0.39, 0.29) is 5.69 Å². The van der Waals surface area contributed by atoms with E-state index < -0.39 is 39.7 Å².